The Bertz CT molecular complexity index is 725. The maximum atomic E-state index is 12.2. The smallest absolute Gasteiger partial charge is 0.334 e. The number of rotatable bonds is 6. The quantitative estimate of drug-likeness (QED) is 0.614. The monoisotopic (exact) mass is 358 g/mol. The molecule has 0 unspecified atom stereocenters. The summed E-state index contributed by atoms with van der Waals surface area (Å²) in [7, 11) is 0. The number of anilines is 2. The molecular formula is C18H22N4O4. The van der Waals surface area contributed by atoms with Crippen molar-refractivity contribution >= 4 is 35.1 Å². The summed E-state index contributed by atoms with van der Waals surface area (Å²) < 4.78 is 0. The van der Waals surface area contributed by atoms with Gasteiger partial charge in [0, 0.05) is 31.0 Å². The van der Waals surface area contributed by atoms with Gasteiger partial charge in [0.05, 0.1) is 0 Å². The zero-order valence-corrected chi connectivity index (χ0v) is 14.7. The molecule has 0 aliphatic carbocycles. The van der Waals surface area contributed by atoms with E-state index in [2.05, 4.69) is 10.2 Å². The fourth-order valence-electron chi connectivity index (χ4n) is 3.19. The third-order valence-electron chi connectivity index (χ3n) is 4.51. The third-order valence-corrected chi connectivity index (χ3v) is 4.51. The molecule has 138 valence electrons. The van der Waals surface area contributed by atoms with E-state index in [0.717, 1.165) is 23.7 Å². The molecule has 0 saturated carbocycles. The highest BCUT2D eigenvalue weighted by Crippen LogP contribution is 2.22. The van der Waals surface area contributed by atoms with Gasteiger partial charge in [-0.1, -0.05) is 6.92 Å². The molecule has 2 aliphatic heterocycles. The second kappa shape index (κ2) is 7.55. The zero-order chi connectivity index (χ0) is 18.7. The molecule has 0 aromatic heterocycles. The van der Waals surface area contributed by atoms with Crippen molar-refractivity contribution in [1.82, 2.24) is 9.80 Å². The zero-order valence-electron chi connectivity index (χ0n) is 14.7. The Labute approximate surface area is 151 Å². The molecule has 2 fully saturated rings. The van der Waals surface area contributed by atoms with Crippen LogP contribution < -0.4 is 10.2 Å². The van der Waals surface area contributed by atoms with Gasteiger partial charge in [-0.05, 0) is 43.5 Å². The van der Waals surface area contributed by atoms with Gasteiger partial charge in [0.1, 0.15) is 6.54 Å². The van der Waals surface area contributed by atoms with Crippen molar-refractivity contribution < 1.29 is 19.2 Å². The van der Waals surface area contributed by atoms with Crippen LogP contribution in [0.25, 0.3) is 0 Å². The van der Waals surface area contributed by atoms with E-state index in [1.807, 2.05) is 12.1 Å². The molecule has 2 saturated heterocycles. The normalized spacial score (nSPS) is 17.4. The first-order valence-corrected chi connectivity index (χ1v) is 8.83. The van der Waals surface area contributed by atoms with Gasteiger partial charge in [0.15, 0.2) is 0 Å². The summed E-state index contributed by atoms with van der Waals surface area (Å²) in [6.45, 7) is 3.56. The summed E-state index contributed by atoms with van der Waals surface area (Å²) in [5, 5.41) is 2.66. The summed E-state index contributed by atoms with van der Waals surface area (Å²) in [6, 6.07) is 6.70. The van der Waals surface area contributed by atoms with Crippen molar-refractivity contribution in [2.45, 2.75) is 26.2 Å². The average Bonchev–Trinajstić information content (AvgIpc) is 3.23. The maximum absolute atomic E-state index is 12.2. The molecule has 2 aliphatic rings. The predicted molar refractivity (Wildman–Crippen MR) is 95.6 cm³/mol. The molecule has 0 atom stereocenters. The SMILES string of the molecule is CCCN1C(=O)C(=O)N(CC(=O)Nc2ccc(N3CCCC3)cc2)C1=O. The second-order valence-electron chi connectivity index (χ2n) is 6.42. The summed E-state index contributed by atoms with van der Waals surface area (Å²) in [5.74, 6) is -2.35. The van der Waals surface area contributed by atoms with Gasteiger partial charge in [-0.15, -0.1) is 0 Å². The van der Waals surface area contributed by atoms with Crippen LogP contribution in [0.1, 0.15) is 26.2 Å². The Balaban J connectivity index is 1.59. The van der Waals surface area contributed by atoms with E-state index in [9.17, 15) is 19.2 Å². The molecule has 0 bridgehead atoms. The lowest BCUT2D eigenvalue weighted by molar-refractivity contribution is -0.143. The van der Waals surface area contributed by atoms with Gasteiger partial charge in [-0.25, -0.2) is 9.69 Å². The number of nitrogens with zero attached hydrogens (tertiary/aromatic N) is 3. The van der Waals surface area contributed by atoms with Crippen LogP contribution in [-0.4, -0.2) is 59.7 Å². The molecule has 1 aromatic carbocycles. The van der Waals surface area contributed by atoms with Gasteiger partial charge in [-0.2, -0.15) is 0 Å². The van der Waals surface area contributed by atoms with Crippen LogP contribution in [0.15, 0.2) is 24.3 Å². The summed E-state index contributed by atoms with van der Waals surface area (Å²) in [4.78, 5) is 51.8. The van der Waals surface area contributed by atoms with Crippen molar-refractivity contribution in [1.29, 1.82) is 0 Å². The molecule has 0 radical (unpaired) electrons. The average molecular weight is 358 g/mol. The van der Waals surface area contributed by atoms with Crippen LogP contribution in [0.2, 0.25) is 0 Å². The predicted octanol–water partition coefficient (Wildman–Crippen LogP) is 1.43. The third kappa shape index (κ3) is 3.54. The fraction of sp³-hybridized carbons (Fsp3) is 0.444. The molecule has 8 nitrogen and oxygen atoms in total. The number of carbonyl (C=O) groups is 4. The van der Waals surface area contributed by atoms with Crippen molar-refractivity contribution in [2.75, 3.05) is 36.4 Å². The second-order valence-corrected chi connectivity index (χ2v) is 6.42. The van der Waals surface area contributed by atoms with Gasteiger partial charge in [0.2, 0.25) is 5.91 Å². The Hall–Kier alpha value is -2.90. The highest BCUT2D eigenvalue weighted by atomic mass is 16.2. The first kappa shape index (κ1) is 17.9. The van der Waals surface area contributed by atoms with Crippen LogP contribution >= 0.6 is 0 Å². The number of benzene rings is 1. The van der Waals surface area contributed by atoms with E-state index in [4.69, 9.17) is 0 Å². The Morgan fingerprint density at radius 3 is 2.23 bits per heavy atom. The van der Waals surface area contributed by atoms with Crippen LogP contribution in [-0.2, 0) is 14.4 Å². The molecule has 0 spiro atoms. The van der Waals surface area contributed by atoms with Crippen LogP contribution in [0.3, 0.4) is 0 Å². The van der Waals surface area contributed by atoms with Crippen molar-refractivity contribution in [3.8, 4) is 0 Å². The van der Waals surface area contributed by atoms with E-state index >= 15 is 0 Å². The van der Waals surface area contributed by atoms with E-state index in [1.165, 1.54) is 12.8 Å². The molecule has 26 heavy (non-hydrogen) atoms. The number of imide groups is 2. The maximum Gasteiger partial charge on any atom is 0.334 e. The van der Waals surface area contributed by atoms with Crippen LogP contribution in [0.5, 0.6) is 0 Å². The number of hydrogen-bond donors (Lipinski definition) is 1. The van der Waals surface area contributed by atoms with Gasteiger partial charge < -0.3 is 10.2 Å². The highest BCUT2D eigenvalue weighted by molar-refractivity contribution is 6.45. The summed E-state index contributed by atoms with van der Waals surface area (Å²) in [6.07, 6.45) is 2.92. The molecular weight excluding hydrogens is 336 g/mol. The van der Waals surface area contributed by atoms with Crippen LogP contribution in [0, 0.1) is 0 Å². The molecule has 1 N–H and O–H groups in total. The summed E-state index contributed by atoms with van der Waals surface area (Å²) in [5.41, 5.74) is 1.68. The first-order chi connectivity index (χ1) is 12.5. The molecule has 8 heteroatoms. The van der Waals surface area contributed by atoms with Crippen LogP contribution in [0.4, 0.5) is 16.2 Å². The van der Waals surface area contributed by atoms with Gasteiger partial charge in [0.25, 0.3) is 0 Å². The number of nitrogens with one attached hydrogen (secondary N) is 1. The molecule has 2 heterocycles. The number of urea groups is 1. The van der Waals surface area contributed by atoms with E-state index in [1.54, 1.807) is 19.1 Å². The van der Waals surface area contributed by atoms with Crippen molar-refractivity contribution in [2.24, 2.45) is 0 Å². The minimum Gasteiger partial charge on any atom is -0.372 e. The van der Waals surface area contributed by atoms with Gasteiger partial charge >= 0.3 is 17.8 Å². The Morgan fingerprint density at radius 2 is 1.62 bits per heavy atom. The van der Waals surface area contributed by atoms with E-state index in [-0.39, 0.29) is 6.54 Å². The largest absolute Gasteiger partial charge is 0.372 e. The Kier molecular flexibility index (Phi) is 5.20. The fourth-order valence-corrected chi connectivity index (χ4v) is 3.19. The minimum atomic E-state index is -0.956. The van der Waals surface area contributed by atoms with Crippen molar-refractivity contribution in [3.05, 3.63) is 24.3 Å². The summed E-state index contributed by atoms with van der Waals surface area (Å²) >= 11 is 0. The molecule has 5 amide bonds. The van der Waals surface area contributed by atoms with Gasteiger partial charge in [-0.3, -0.25) is 19.3 Å². The topological polar surface area (TPSA) is 90.0 Å². The highest BCUT2D eigenvalue weighted by Gasteiger charge is 2.44. The van der Waals surface area contributed by atoms with E-state index < -0.39 is 30.3 Å². The minimum absolute atomic E-state index is 0.166. The first-order valence-electron chi connectivity index (χ1n) is 8.83. The number of carbonyl (C=O) groups excluding carboxylic acids is 4. The Morgan fingerprint density at radius 1 is 1.00 bits per heavy atom. The standard InChI is InChI=1S/C18H22N4O4/c1-2-9-21-16(24)17(25)22(18(21)26)12-15(23)19-13-5-7-14(8-6-13)20-10-3-4-11-20/h5-8H,2-4,9-12H2,1H3,(H,19,23). The number of amides is 5. The van der Waals surface area contributed by atoms with E-state index in [0.29, 0.717) is 17.0 Å². The lowest BCUT2D eigenvalue weighted by Crippen LogP contribution is -2.39. The molecule has 1 aromatic rings. The lowest BCUT2D eigenvalue weighted by Gasteiger charge is -2.18. The van der Waals surface area contributed by atoms with Crippen molar-refractivity contribution in [3.63, 3.8) is 0 Å². The molecule has 3 rings (SSSR count). The lowest BCUT2D eigenvalue weighted by atomic mass is 10.2. The number of hydrogen-bond acceptors (Lipinski definition) is 5.